The number of benzene rings is 1. The van der Waals surface area contributed by atoms with Crippen LogP contribution in [0.1, 0.15) is 50.4 Å². The van der Waals surface area contributed by atoms with Gasteiger partial charge in [0.05, 0.1) is 18.4 Å². The van der Waals surface area contributed by atoms with Crippen molar-refractivity contribution in [3.8, 4) is 0 Å². The monoisotopic (exact) mass is 348 g/mol. The number of carbonyl (C=O) groups is 3. The van der Waals surface area contributed by atoms with E-state index in [-0.39, 0.29) is 24.8 Å². The highest BCUT2D eigenvalue weighted by atomic mass is 16.5. The molecule has 0 saturated heterocycles. The van der Waals surface area contributed by atoms with E-state index in [9.17, 15) is 14.4 Å². The summed E-state index contributed by atoms with van der Waals surface area (Å²) in [7, 11) is 1.30. The van der Waals surface area contributed by atoms with Crippen LogP contribution in [0.15, 0.2) is 24.3 Å². The number of amides is 2. The van der Waals surface area contributed by atoms with Crippen LogP contribution in [0, 0.1) is 0 Å². The molecule has 6 heteroatoms. The molecule has 0 aromatic heterocycles. The standard InChI is InChI=1S/C19H28N2O4/c1-5-12-20(13-6-2)18(23)11-14-21(15(3)22)17-10-8-7-9-16(17)19(24)25-4/h7-10H,5-6,11-14H2,1-4H3. The molecule has 0 bridgehead atoms. The minimum atomic E-state index is -0.508. The van der Waals surface area contributed by atoms with Crippen LogP contribution in [0.4, 0.5) is 5.69 Å². The predicted molar refractivity (Wildman–Crippen MR) is 97.6 cm³/mol. The molecule has 0 radical (unpaired) electrons. The summed E-state index contributed by atoms with van der Waals surface area (Å²) in [5.74, 6) is -0.709. The Bertz CT molecular complexity index is 595. The number of para-hydroxylation sites is 1. The van der Waals surface area contributed by atoms with Gasteiger partial charge >= 0.3 is 5.97 Å². The van der Waals surface area contributed by atoms with Gasteiger partial charge in [-0.3, -0.25) is 9.59 Å². The largest absolute Gasteiger partial charge is 0.465 e. The van der Waals surface area contributed by atoms with E-state index in [1.807, 2.05) is 18.7 Å². The highest BCUT2D eigenvalue weighted by Crippen LogP contribution is 2.22. The predicted octanol–water partition coefficient (Wildman–Crippen LogP) is 2.86. The summed E-state index contributed by atoms with van der Waals surface area (Å²) in [5, 5.41) is 0. The molecule has 1 aromatic carbocycles. The fourth-order valence-electron chi connectivity index (χ4n) is 2.71. The molecule has 0 spiro atoms. The Morgan fingerprint density at radius 3 is 2.12 bits per heavy atom. The van der Waals surface area contributed by atoms with Crippen LogP contribution in [0.5, 0.6) is 0 Å². The van der Waals surface area contributed by atoms with Gasteiger partial charge in [-0.15, -0.1) is 0 Å². The van der Waals surface area contributed by atoms with E-state index >= 15 is 0 Å². The normalized spacial score (nSPS) is 10.2. The van der Waals surface area contributed by atoms with Gasteiger partial charge < -0.3 is 14.5 Å². The number of anilines is 1. The number of esters is 1. The SMILES string of the molecule is CCCN(CCC)C(=O)CCN(C(C)=O)c1ccccc1C(=O)OC. The minimum absolute atomic E-state index is 0.0190. The van der Waals surface area contributed by atoms with E-state index in [1.165, 1.54) is 18.9 Å². The fraction of sp³-hybridized carbons (Fsp3) is 0.526. The third-order valence-electron chi connectivity index (χ3n) is 3.87. The Morgan fingerprint density at radius 2 is 1.60 bits per heavy atom. The van der Waals surface area contributed by atoms with Crippen LogP contribution in [-0.4, -0.2) is 49.4 Å². The maximum atomic E-state index is 12.5. The number of carbonyl (C=O) groups excluding carboxylic acids is 3. The first-order valence-corrected chi connectivity index (χ1v) is 8.69. The highest BCUT2D eigenvalue weighted by molar-refractivity contribution is 6.02. The Hall–Kier alpha value is -2.37. The molecule has 6 nitrogen and oxygen atoms in total. The first-order chi connectivity index (χ1) is 12.0. The summed E-state index contributed by atoms with van der Waals surface area (Å²) < 4.78 is 4.78. The van der Waals surface area contributed by atoms with Crippen molar-refractivity contribution in [2.24, 2.45) is 0 Å². The zero-order valence-electron chi connectivity index (χ0n) is 15.6. The molecule has 138 valence electrons. The van der Waals surface area contributed by atoms with Gasteiger partial charge in [-0.05, 0) is 25.0 Å². The van der Waals surface area contributed by atoms with Crippen molar-refractivity contribution in [1.29, 1.82) is 0 Å². The maximum absolute atomic E-state index is 12.5. The van der Waals surface area contributed by atoms with E-state index in [0.717, 1.165) is 12.8 Å². The van der Waals surface area contributed by atoms with Gasteiger partial charge in [-0.2, -0.15) is 0 Å². The van der Waals surface area contributed by atoms with E-state index in [0.29, 0.717) is 24.3 Å². The Morgan fingerprint density at radius 1 is 1.00 bits per heavy atom. The van der Waals surface area contributed by atoms with Crippen molar-refractivity contribution >= 4 is 23.5 Å². The molecule has 25 heavy (non-hydrogen) atoms. The topological polar surface area (TPSA) is 66.9 Å². The molecule has 0 N–H and O–H groups in total. The Kier molecular flexibility index (Phi) is 8.67. The summed E-state index contributed by atoms with van der Waals surface area (Å²) in [6.45, 7) is 7.15. The average molecular weight is 348 g/mol. The van der Waals surface area contributed by atoms with Gasteiger partial charge in [0.2, 0.25) is 11.8 Å². The van der Waals surface area contributed by atoms with Crippen LogP contribution in [0.3, 0.4) is 0 Å². The van der Waals surface area contributed by atoms with E-state index in [2.05, 4.69) is 0 Å². The third kappa shape index (κ3) is 5.89. The molecule has 0 aliphatic rings. The minimum Gasteiger partial charge on any atom is -0.465 e. The number of rotatable bonds is 9. The lowest BCUT2D eigenvalue weighted by molar-refractivity contribution is -0.131. The van der Waals surface area contributed by atoms with Crippen LogP contribution in [-0.2, 0) is 14.3 Å². The number of hydrogen-bond donors (Lipinski definition) is 0. The second-order valence-electron chi connectivity index (χ2n) is 5.81. The molecule has 1 aromatic rings. The highest BCUT2D eigenvalue weighted by Gasteiger charge is 2.21. The number of methoxy groups -OCH3 is 1. The zero-order valence-corrected chi connectivity index (χ0v) is 15.6. The van der Waals surface area contributed by atoms with Gasteiger partial charge in [-0.1, -0.05) is 26.0 Å². The molecule has 0 aliphatic heterocycles. The average Bonchev–Trinajstić information content (AvgIpc) is 2.61. The number of nitrogens with zero attached hydrogens (tertiary/aromatic N) is 2. The number of hydrogen-bond acceptors (Lipinski definition) is 4. The zero-order chi connectivity index (χ0) is 18.8. The van der Waals surface area contributed by atoms with Crippen molar-refractivity contribution in [1.82, 2.24) is 4.90 Å². The van der Waals surface area contributed by atoms with Crippen molar-refractivity contribution in [3.63, 3.8) is 0 Å². The first-order valence-electron chi connectivity index (χ1n) is 8.69. The van der Waals surface area contributed by atoms with Crippen LogP contribution >= 0.6 is 0 Å². The molecule has 0 heterocycles. The lowest BCUT2D eigenvalue weighted by Gasteiger charge is -2.26. The molecular weight excluding hydrogens is 320 g/mol. The van der Waals surface area contributed by atoms with Crippen molar-refractivity contribution in [2.45, 2.75) is 40.0 Å². The van der Waals surface area contributed by atoms with Crippen molar-refractivity contribution in [3.05, 3.63) is 29.8 Å². The summed E-state index contributed by atoms with van der Waals surface area (Å²) in [6, 6.07) is 6.76. The van der Waals surface area contributed by atoms with Crippen molar-refractivity contribution in [2.75, 3.05) is 31.6 Å². The Labute approximate surface area is 149 Å². The molecular formula is C19H28N2O4. The van der Waals surface area contributed by atoms with Gasteiger partial charge in [-0.25, -0.2) is 4.79 Å². The molecule has 2 amide bonds. The van der Waals surface area contributed by atoms with E-state index < -0.39 is 5.97 Å². The second-order valence-corrected chi connectivity index (χ2v) is 5.81. The lowest BCUT2D eigenvalue weighted by Crippen LogP contribution is -2.37. The van der Waals surface area contributed by atoms with Gasteiger partial charge in [0.15, 0.2) is 0 Å². The molecule has 0 saturated carbocycles. The molecule has 1 rings (SSSR count). The summed E-state index contributed by atoms with van der Waals surface area (Å²) in [6.07, 6.45) is 2.01. The van der Waals surface area contributed by atoms with Gasteiger partial charge in [0.1, 0.15) is 0 Å². The molecule has 0 fully saturated rings. The maximum Gasteiger partial charge on any atom is 0.339 e. The third-order valence-corrected chi connectivity index (χ3v) is 3.87. The quantitative estimate of drug-likeness (QED) is 0.644. The van der Waals surface area contributed by atoms with Gasteiger partial charge in [0.25, 0.3) is 0 Å². The molecule has 0 aliphatic carbocycles. The van der Waals surface area contributed by atoms with E-state index in [4.69, 9.17) is 4.74 Å². The first kappa shape index (κ1) is 20.7. The summed E-state index contributed by atoms with van der Waals surface area (Å²) >= 11 is 0. The van der Waals surface area contributed by atoms with Crippen LogP contribution in [0.2, 0.25) is 0 Å². The second kappa shape index (κ2) is 10.5. The van der Waals surface area contributed by atoms with Gasteiger partial charge in [0, 0.05) is 33.0 Å². The molecule has 0 unspecified atom stereocenters. The van der Waals surface area contributed by atoms with E-state index in [1.54, 1.807) is 24.3 Å². The Balaban J connectivity index is 2.94. The summed E-state index contributed by atoms with van der Waals surface area (Å²) in [5.41, 5.74) is 0.777. The van der Waals surface area contributed by atoms with Crippen LogP contribution in [0.25, 0.3) is 0 Å². The fourth-order valence-corrected chi connectivity index (χ4v) is 2.71. The number of ether oxygens (including phenoxy) is 1. The smallest absolute Gasteiger partial charge is 0.339 e. The van der Waals surface area contributed by atoms with Crippen molar-refractivity contribution < 1.29 is 19.1 Å². The molecule has 0 atom stereocenters. The van der Waals surface area contributed by atoms with Crippen LogP contribution < -0.4 is 4.90 Å². The summed E-state index contributed by atoms with van der Waals surface area (Å²) in [4.78, 5) is 39.8. The lowest BCUT2D eigenvalue weighted by atomic mass is 10.1.